The molecule has 12 rings (SSSR count). The largest absolute Gasteiger partial charge is 0.456 e. The average molecular weight is 730 g/mol. The van der Waals surface area contributed by atoms with Crippen LogP contribution in [0.2, 0.25) is 0 Å². The third-order valence-corrected chi connectivity index (χ3v) is 11.1. The lowest BCUT2D eigenvalue weighted by Crippen LogP contribution is -2.01. The van der Waals surface area contributed by atoms with E-state index >= 15 is 0 Å². The van der Waals surface area contributed by atoms with Crippen molar-refractivity contribution >= 4 is 65.6 Å². The van der Waals surface area contributed by atoms with Crippen molar-refractivity contribution in [3.05, 3.63) is 188 Å². The normalized spacial score (nSPS) is 11.9. The average Bonchev–Trinajstić information content (AvgIpc) is 3.95. The van der Waals surface area contributed by atoms with Gasteiger partial charge in [-0.2, -0.15) is 0 Å². The quantitative estimate of drug-likeness (QED) is 0.177. The van der Waals surface area contributed by atoms with Crippen molar-refractivity contribution in [1.82, 2.24) is 24.1 Å². The zero-order valence-electron chi connectivity index (χ0n) is 30.5. The van der Waals surface area contributed by atoms with Gasteiger partial charge in [-0.25, -0.2) is 15.0 Å². The first-order valence-corrected chi connectivity index (χ1v) is 19.1. The van der Waals surface area contributed by atoms with E-state index < -0.39 is 0 Å². The SMILES string of the molecule is c1ccc(-c2nc(-c3ccccc3)nc(-c3cccc(-n4c5ccccc5c5ccc6c7c8c(ccc7n(-c7ccccc7)c6c54)oc4ccccc48)c3)n2)cc1. The molecule has 8 aromatic carbocycles. The second kappa shape index (κ2) is 12.3. The Kier molecular flexibility index (Phi) is 6.83. The number of furan rings is 1. The minimum atomic E-state index is 0.614. The lowest BCUT2D eigenvalue weighted by atomic mass is 10.0. The molecule has 0 saturated carbocycles. The summed E-state index contributed by atoms with van der Waals surface area (Å²) in [6.07, 6.45) is 0. The number of aromatic nitrogens is 5. The van der Waals surface area contributed by atoms with Crippen LogP contribution in [0.15, 0.2) is 192 Å². The molecule has 6 nitrogen and oxygen atoms in total. The Morgan fingerprint density at radius 3 is 1.61 bits per heavy atom. The molecule has 0 fully saturated rings. The third kappa shape index (κ3) is 4.81. The van der Waals surface area contributed by atoms with E-state index in [9.17, 15) is 0 Å². The summed E-state index contributed by atoms with van der Waals surface area (Å²) in [5.41, 5.74) is 11.1. The second-order valence-electron chi connectivity index (χ2n) is 14.4. The third-order valence-electron chi connectivity index (χ3n) is 11.1. The molecule has 0 atom stereocenters. The maximum atomic E-state index is 6.45. The molecule has 4 heterocycles. The zero-order valence-corrected chi connectivity index (χ0v) is 30.5. The maximum Gasteiger partial charge on any atom is 0.164 e. The van der Waals surface area contributed by atoms with E-state index in [4.69, 9.17) is 19.4 Å². The smallest absolute Gasteiger partial charge is 0.164 e. The molecule has 57 heavy (non-hydrogen) atoms. The number of benzene rings is 8. The summed E-state index contributed by atoms with van der Waals surface area (Å²) in [5, 5.41) is 6.94. The summed E-state index contributed by atoms with van der Waals surface area (Å²) in [5.74, 6) is 1.88. The molecule has 0 radical (unpaired) electrons. The number of hydrogen-bond acceptors (Lipinski definition) is 4. The van der Waals surface area contributed by atoms with Gasteiger partial charge in [0.2, 0.25) is 0 Å². The Balaban J connectivity index is 1.18. The van der Waals surface area contributed by atoms with Gasteiger partial charge in [-0.05, 0) is 48.5 Å². The Bertz CT molecular complexity index is 3450. The second-order valence-corrected chi connectivity index (χ2v) is 14.4. The molecule has 0 amide bonds. The van der Waals surface area contributed by atoms with Crippen molar-refractivity contribution in [2.24, 2.45) is 0 Å². The molecule has 0 saturated heterocycles. The van der Waals surface area contributed by atoms with E-state index in [1.54, 1.807) is 0 Å². The van der Waals surface area contributed by atoms with Crippen molar-refractivity contribution in [3.8, 4) is 45.5 Å². The maximum absolute atomic E-state index is 6.45. The van der Waals surface area contributed by atoms with Crippen molar-refractivity contribution in [2.45, 2.75) is 0 Å². The van der Waals surface area contributed by atoms with Crippen LogP contribution >= 0.6 is 0 Å². The van der Waals surface area contributed by atoms with Gasteiger partial charge >= 0.3 is 0 Å². The van der Waals surface area contributed by atoms with Gasteiger partial charge in [0.05, 0.1) is 22.1 Å². The number of para-hydroxylation sites is 3. The van der Waals surface area contributed by atoms with Gasteiger partial charge in [0, 0.05) is 60.4 Å². The highest BCUT2D eigenvalue weighted by atomic mass is 16.3. The van der Waals surface area contributed by atoms with Crippen LogP contribution < -0.4 is 0 Å². The summed E-state index contributed by atoms with van der Waals surface area (Å²) < 4.78 is 11.3. The van der Waals surface area contributed by atoms with Crippen LogP contribution in [0.3, 0.4) is 0 Å². The first-order valence-electron chi connectivity index (χ1n) is 19.1. The fourth-order valence-corrected chi connectivity index (χ4v) is 8.69. The van der Waals surface area contributed by atoms with Crippen LogP contribution in [0, 0.1) is 0 Å². The molecule has 4 aromatic heterocycles. The highest BCUT2D eigenvalue weighted by Crippen LogP contribution is 2.45. The molecule has 6 heteroatoms. The number of fused-ring (bicyclic) bond motifs is 11. The van der Waals surface area contributed by atoms with Crippen LogP contribution in [-0.4, -0.2) is 24.1 Å². The molecule has 12 aromatic rings. The van der Waals surface area contributed by atoms with Gasteiger partial charge < -0.3 is 13.6 Å². The van der Waals surface area contributed by atoms with Crippen molar-refractivity contribution in [1.29, 1.82) is 0 Å². The fraction of sp³-hybridized carbons (Fsp3) is 0. The van der Waals surface area contributed by atoms with Crippen molar-refractivity contribution in [2.75, 3.05) is 0 Å². The van der Waals surface area contributed by atoms with Gasteiger partial charge in [-0.3, -0.25) is 0 Å². The fourth-order valence-electron chi connectivity index (χ4n) is 8.69. The van der Waals surface area contributed by atoms with Gasteiger partial charge in [-0.15, -0.1) is 0 Å². The molecule has 266 valence electrons. The van der Waals surface area contributed by atoms with E-state index in [2.05, 4.69) is 130 Å². The minimum absolute atomic E-state index is 0.614. The lowest BCUT2D eigenvalue weighted by molar-refractivity contribution is 0.669. The van der Waals surface area contributed by atoms with E-state index in [0.29, 0.717) is 17.5 Å². The summed E-state index contributed by atoms with van der Waals surface area (Å²) >= 11 is 0. The van der Waals surface area contributed by atoms with Crippen LogP contribution in [0.1, 0.15) is 0 Å². The number of hydrogen-bond donors (Lipinski definition) is 0. The van der Waals surface area contributed by atoms with Crippen molar-refractivity contribution in [3.63, 3.8) is 0 Å². The highest BCUT2D eigenvalue weighted by molar-refractivity contribution is 6.31. The molecule has 0 spiro atoms. The topological polar surface area (TPSA) is 61.7 Å². The summed E-state index contributed by atoms with van der Waals surface area (Å²) in [4.78, 5) is 15.1. The summed E-state index contributed by atoms with van der Waals surface area (Å²) in [6, 6.07) is 65.5. The van der Waals surface area contributed by atoms with E-state index in [0.717, 1.165) is 77.5 Å². The van der Waals surface area contributed by atoms with Gasteiger partial charge in [0.25, 0.3) is 0 Å². The van der Waals surface area contributed by atoms with E-state index in [1.807, 2.05) is 66.7 Å². The molecular formula is C51H31N5O. The summed E-state index contributed by atoms with van der Waals surface area (Å²) in [7, 11) is 0. The van der Waals surface area contributed by atoms with Crippen LogP contribution in [0.25, 0.3) is 111 Å². The number of nitrogens with zero attached hydrogens (tertiary/aromatic N) is 5. The first-order chi connectivity index (χ1) is 28.3. The highest BCUT2D eigenvalue weighted by Gasteiger charge is 2.24. The van der Waals surface area contributed by atoms with Gasteiger partial charge in [0.15, 0.2) is 17.5 Å². The van der Waals surface area contributed by atoms with Gasteiger partial charge in [0.1, 0.15) is 11.2 Å². The Morgan fingerprint density at radius 2 is 0.877 bits per heavy atom. The van der Waals surface area contributed by atoms with Crippen molar-refractivity contribution < 1.29 is 4.42 Å². The lowest BCUT2D eigenvalue weighted by Gasteiger charge is -2.14. The van der Waals surface area contributed by atoms with Gasteiger partial charge in [-0.1, -0.05) is 140 Å². The predicted octanol–water partition coefficient (Wildman–Crippen LogP) is 13.0. The van der Waals surface area contributed by atoms with Crippen LogP contribution in [0.4, 0.5) is 0 Å². The Hall–Kier alpha value is -7.83. The molecule has 0 aliphatic carbocycles. The number of rotatable bonds is 5. The van der Waals surface area contributed by atoms with E-state index in [-0.39, 0.29) is 0 Å². The zero-order chi connectivity index (χ0) is 37.5. The molecule has 0 aliphatic heterocycles. The molecule has 0 aliphatic rings. The minimum Gasteiger partial charge on any atom is -0.456 e. The Labute approximate surface area is 326 Å². The van der Waals surface area contributed by atoms with Crippen LogP contribution in [-0.2, 0) is 0 Å². The molecular weight excluding hydrogens is 699 g/mol. The van der Waals surface area contributed by atoms with Crippen LogP contribution in [0.5, 0.6) is 0 Å². The summed E-state index contributed by atoms with van der Waals surface area (Å²) in [6.45, 7) is 0. The molecule has 0 bridgehead atoms. The first kappa shape index (κ1) is 31.5. The standard InChI is InChI=1S/C51H31N5O/c1-4-15-32(16-5-1)49-52-50(33-17-6-2-7-18-33)54-51(53-49)34-19-14-22-36(31-34)56-41-25-12-10-23-37(41)38-27-28-40-45-42(55(48(40)47(38)56)35-20-8-3-9-21-35)29-30-44-46(45)39-24-11-13-26-43(39)57-44/h1-31H. The Morgan fingerprint density at radius 1 is 0.333 bits per heavy atom. The molecule has 0 unspecified atom stereocenters. The predicted molar refractivity (Wildman–Crippen MR) is 232 cm³/mol. The monoisotopic (exact) mass is 729 g/mol. The molecule has 0 N–H and O–H groups in total. The van der Waals surface area contributed by atoms with E-state index in [1.165, 1.54) is 16.2 Å².